The van der Waals surface area contributed by atoms with Crippen molar-refractivity contribution >= 4 is 5.96 Å². The summed E-state index contributed by atoms with van der Waals surface area (Å²) < 4.78 is 1.96. The number of rotatable bonds is 7. The van der Waals surface area contributed by atoms with E-state index in [0.717, 1.165) is 25.6 Å². The van der Waals surface area contributed by atoms with E-state index < -0.39 is 0 Å². The van der Waals surface area contributed by atoms with Gasteiger partial charge in [0.2, 0.25) is 0 Å². The molecular weight excluding hydrogens is 298 g/mol. The monoisotopic (exact) mass is 327 g/mol. The topological polar surface area (TPSA) is 54.2 Å². The van der Waals surface area contributed by atoms with Crippen LogP contribution in [-0.2, 0) is 12.0 Å². The van der Waals surface area contributed by atoms with E-state index >= 15 is 0 Å². The Morgan fingerprint density at radius 3 is 2.58 bits per heavy atom. The highest BCUT2D eigenvalue weighted by Crippen LogP contribution is 2.21. The van der Waals surface area contributed by atoms with Crippen molar-refractivity contribution in [1.29, 1.82) is 0 Å². The Labute approximate surface area is 145 Å². The zero-order valence-electron chi connectivity index (χ0n) is 15.2. The summed E-state index contributed by atoms with van der Waals surface area (Å²) in [4.78, 5) is 4.33. The number of nitrogens with one attached hydrogen (secondary N) is 2. The van der Waals surface area contributed by atoms with Crippen molar-refractivity contribution in [2.75, 3.05) is 20.1 Å². The Bertz CT molecular complexity index is 616. The van der Waals surface area contributed by atoms with E-state index in [2.05, 4.69) is 71.8 Å². The molecular formula is C19H29N5. The van der Waals surface area contributed by atoms with Crippen LogP contribution in [0.5, 0.6) is 0 Å². The van der Waals surface area contributed by atoms with Crippen LogP contribution < -0.4 is 10.6 Å². The third-order valence-corrected chi connectivity index (χ3v) is 4.15. The van der Waals surface area contributed by atoms with Crippen molar-refractivity contribution in [3.05, 3.63) is 54.4 Å². The van der Waals surface area contributed by atoms with Gasteiger partial charge in [0, 0.05) is 44.5 Å². The van der Waals surface area contributed by atoms with Gasteiger partial charge in [-0.15, -0.1) is 0 Å². The maximum absolute atomic E-state index is 4.33. The average Bonchev–Trinajstić information content (AvgIpc) is 3.08. The minimum atomic E-state index is 0.0412. The van der Waals surface area contributed by atoms with Crippen LogP contribution in [0.2, 0.25) is 0 Å². The molecule has 0 spiro atoms. The largest absolute Gasteiger partial charge is 0.356 e. The van der Waals surface area contributed by atoms with Crippen molar-refractivity contribution in [2.45, 2.75) is 32.7 Å². The highest BCUT2D eigenvalue weighted by molar-refractivity contribution is 5.79. The first kappa shape index (κ1) is 18.0. The van der Waals surface area contributed by atoms with E-state index in [1.165, 1.54) is 5.56 Å². The number of nitrogens with zero attached hydrogens (tertiary/aromatic N) is 3. The molecule has 2 rings (SSSR count). The fraction of sp³-hybridized carbons (Fsp3) is 0.474. The summed E-state index contributed by atoms with van der Waals surface area (Å²) >= 11 is 0. The van der Waals surface area contributed by atoms with Gasteiger partial charge in [0.25, 0.3) is 0 Å². The fourth-order valence-electron chi connectivity index (χ4n) is 2.58. The molecule has 0 aliphatic rings. The molecule has 0 fully saturated rings. The van der Waals surface area contributed by atoms with Crippen LogP contribution in [0.3, 0.4) is 0 Å². The van der Waals surface area contributed by atoms with Gasteiger partial charge in [-0.2, -0.15) is 5.10 Å². The molecule has 1 unspecified atom stereocenters. The molecule has 5 nitrogen and oxygen atoms in total. The fourth-order valence-corrected chi connectivity index (χ4v) is 2.58. The molecule has 0 radical (unpaired) electrons. The standard InChI is InChI=1S/C19H29N5/c1-16(14-24-12-8-11-23-24)13-21-18(20-4)22-15-19(2,3)17-9-6-5-7-10-17/h5-12,16H,13-15H2,1-4H3,(H2,20,21,22). The molecule has 2 N–H and O–H groups in total. The predicted octanol–water partition coefficient (Wildman–Crippen LogP) is 2.66. The molecule has 1 aromatic heterocycles. The van der Waals surface area contributed by atoms with Crippen molar-refractivity contribution in [3.63, 3.8) is 0 Å². The minimum Gasteiger partial charge on any atom is -0.356 e. The van der Waals surface area contributed by atoms with E-state index in [1.807, 2.05) is 30.2 Å². The maximum Gasteiger partial charge on any atom is 0.191 e. The van der Waals surface area contributed by atoms with Crippen molar-refractivity contribution in [3.8, 4) is 0 Å². The van der Waals surface area contributed by atoms with Crippen molar-refractivity contribution in [2.24, 2.45) is 10.9 Å². The lowest BCUT2D eigenvalue weighted by atomic mass is 9.85. The maximum atomic E-state index is 4.33. The zero-order valence-corrected chi connectivity index (χ0v) is 15.2. The smallest absolute Gasteiger partial charge is 0.191 e. The minimum absolute atomic E-state index is 0.0412. The summed E-state index contributed by atoms with van der Waals surface area (Å²) in [6, 6.07) is 12.5. The van der Waals surface area contributed by atoms with Crippen molar-refractivity contribution < 1.29 is 0 Å². The second-order valence-corrected chi connectivity index (χ2v) is 6.89. The van der Waals surface area contributed by atoms with Gasteiger partial charge in [-0.3, -0.25) is 9.67 Å². The summed E-state index contributed by atoms with van der Waals surface area (Å²) in [7, 11) is 1.81. The van der Waals surface area contributed by atoms with Gasteiger partial charge in [-0.1, -0.05) is 51.1 Å². The quantitative estimate of drug-likeness (QED) is 0.607. The Balaban J connectivity index is 1.80. The SMILES string of the molecule is CN=C(NCC(C)Cn1cccn1)NCC(C)(C)c1ccccc1. The highest BCUT2D eigenvalue weighted by Gasteiger charge is 2.20. The number of hydrogen-bond donors (Lipinski definition) is 2. The molecule has 0 saturated carbocycles. The van der Waals surface area contributed by atoms with Crippen LogP contribution in [0, 0.1) is 5.92 Å². The van der Waals surface area contributed by atoms with Gasteiger partial charge in [-0.25, -0.2) is 0 Å². The number of benzene rings is 1. The Hall–Kier alpha value is -2.30. The molecule has 1 aromatic carbocycles. The molecule has 5 heteroatoms. The molecule has 2 aromatic rings. The lowest BCUT2D eigenvalue weighted by molar-refractivity contribution is 0.441. The molecule has 0 aliphatic carbocycles. The van der Waals surface area contributed by atoms with Crippen LogP contribution in [0.25, 0.3) is 0 Å². The van der Waals surface area contributed by atoms with E-state index in [-0.39, 0.29) is 5.41 Å². The van der Waals surface area contributed by atoms with E-state index in [4.69, 9.17) is 0 Å². The van der Waals surface area contributed by atoms with Gasteiger partial charge in [0.15, 0.2) is 5.96 Å². The lowest BCUT2D eigenvalue weighted by Gasteiger charge is -2.27. The van der Waals surface area contributed by atoms with Gasteiger partial charge in [0.05, 0.1) is 0 Å². The normalized spacial score (nSPS) is 13.6. The molecule has 24 heavy (non-hydrogen) atoms. The first-order valence-electron chi connectivity index (χ1n) is 8.49. The summed E-state index contributed by atoms with van der Waals surface area (Å²) in [6.45, 7) is 9.25. The molecule has 0 amide bonds. The number of hydrogen-bond acceptors (Lipinski definition) is 2. The molecule has 0 saturated heterocycles. The van der Waals surface area contributed by atoms with Crippen LogP contribution in [0.15, 0.2) is 53.8 Å². The molecule has 0 aliphatic heterocycles. The Morgan fingerprint density at radius 1 is 1.21 bits per heavy atom. The van der Waals surface area contributed by atoms with Gasteiger partial charge in [0.1, 0.15) is 0 Å². The van der Waals surface area contributed by atoms with E-state index in [9.17, 15) is 0 Å². The predicted molar refractivity (Wildman–Crippen MR) is 100 cm³/mol. The Morgan fingerprint density at radius 2 is 1.96 bits per heavy atom. The molecule has 1 atom stereocenters. The molecule has 130 valence electrons. The van der Waals surface area contributed by atoms with Crippen LogP contribution in [-0.4, -0.2) is 35.9 Å². The lowest BCUT2D eigenvalue weighted by Crippen LogP contribution is -2.44. The van der Waals surface area contributed by atoms with Gasteiger partial charge < -0.3 is 10.6 Å². The van der Waals surface area contributed by atoms with E-state index in [0.29, 0.717) is 5.92 Å². The number of aliphatic imine (C=N–C) groups is 1. The third-order valence-electron chi connectivity index (χ3n) is 4.15. The number of aromatic nitrogens is 2. The second-order valence-electron chi connectivity index (χ2n) is 6.89. The summed E-state index contributed by atoms with van der Waals surface area (Å²) in [5.41, 5.74) is 1.36. The van der Waals surface area contributed by atoms with Crippen LogP contribution in [0.1, 0.15) is 26.3 Å². The summed E-state index contributed by atoms with van der Waals surface area (Å²) in [5, 5.41) is 11.1. The first-order chi connectivity index (χ1) is 11.5. The summed E-state index contributed by atoms with van der Waals surface area (Å²) in [6.07, 6.45) is 3.80. The van der Waals surface area contributed by atoms with Gasteiger partial charge in [-0.05, 0) is 17.5 Å². The second kappa shape index (κ2) is 8.52. The third kappa shape index (κ3) is 5.41. The van der Waals surface area contributed by atoms with Crippen molar-refractivity contribution in [1.82, 2.24) is 20.4 Å². The average molecular weight is 327 g/mol. The van der Waals surface area contributed by atoms with Crippen LogP contribution >= 0.6 is 0 Å². The Kier molecular flexibility index (Phi) is 6.41. The zero-order chi connectivity index (χ0) is 17.4. The van der Waals surface area contributed by atoms with Gasteiger partial charge >= 0.3 is 0 Å². The van der Waals surface area contributed by atoms with E-state index in [1.54, 1.807) is 0 Å². The molecule has 1 heterocycles. The van der Waals surface area contributed by atoms with Crippen LogP contribution in [0.4, 0.5) is 0 Å². The molecule has 0 bridgehead atoms. The highest BCUT2D eigenvalue weighted by atomic mass is 15.3. The summed E-state index contributed by atoms with van der Waals surface area (Å²) in [5.74, 6) is 1.30. The first-order valence-corrected chi connectivity index (χ1v) is 8.49. The number of guanidine groups is 1.